The minimum atomic E-state index is -1.18. The number of hydrogen-bond donors (Lipinski definition) is 0. The number of oxazole rings is 2. The Morgan fingerprint density at radius 3 is 1.32 bits per heavy atom. The van der Waals surface area contributed by atoms with Crippen LogP contribution < -0.4 is 11.5 Å². The quantitative estimate of drug-likeness (QED) is 0.140. The van der Waals surface area contributed by atoms with Crippen LogP contribution in [0.4, 0.5) is 0 Å². The molecule has 0 aliphatic carbocycles. The third-order valence-corrected chi connectivity index (χ3v) is 9.14. The molecule has 0 amide bonds. The molecule has 0 radical (unpaired) electrons. The van der Waals surface area contributed by atoms with E-state index in [0.717, 1.165) is 28.3 Å². The summed E-state index contributed by atoms with van der Waals surface area (Å²) in [7, 11) is 0. The van der Waals surface area contributed by atoms with Crippen LogP contribution in [0.15, 0.2) is 83.8 Å². The van der Waals surface area contributed by atoms with E-state index in [-0.39, 0.29) is 17.4 Å². The third kappa shape index (κ3) is 15.9. The van der Waals surface area contributed by atoms with Crippen molar-refractivity contribution in [3.05, 3.63) is 115 Å². The van der Waals surface area contributed by atoms with Gasteiger partial charge in [0.2, 0.25) is 0 Å². The maximum absolute atomic E-state index is 12.0. The van der Waals surface area contributed by atoms with Crippen molar-refractivity contribution in [1.82, 2.24) is 14.0 Å². The predicted octanol–water partition coefficient (Wildman–Crippen LogP) is 10.9. The van der Waals surface area contributed by atoms with Crippen LogP contribution >= 0.6 is 15.9 Å². The van der Waals surface area contributed by atoms with E-state index in [1.807, 2.05) is 67.6 Å². The van der Waals surface area contributed by atoms with Crippen molar-refractivity contribution < 1.29 is 8.83 Å². The van der Waals surface area contributed by atoms with Gasteiger partial charge >= 0.3 is 49.6 Å². The first-order valence-electron chi connectivity index (χ1n) is 18.2. The molecule has 2 heterocycles. The van der Waals surface area contributed by atoms with Crippen molar-refractivity contribution in [3.8, 4) is 0 Å². The van der Waals surface area contributed by atoms with Crippen LogP contribution in [0.1, 0.15) is 102 Å². The Balaban J connectivity index is 0.000000380. The molecule has 0 aliphatic rings. The van der Waals surface area contributed by atoms with Gasteiger partial charge in [0.1, 0.15) is 5.76 Å². The Kier molecular flexibility index (Phi) is 20.7. The molecule has 0 spiro atoms. The molecule has 0 fully saturated rings. The van der Waals surface area contributed by atoms with Crippen molar-refractivity contribution in [3.63, 3.8) is 0 Å². The third-order valence-electron chi connectivity index (χ3n) is 8.57. The van der Waals surface area contributed by atoms with Crippen LogP contribution in [-0.2, 0) is 13.1 Å². The van der Waals surface area contributed by atoms with Crippen LogP contribution in [0, 0.1) is 18.8 Å². The van der Waals surface area contributed by atoms with Crippen molar-refractivity contribution >= 4 is 34.3 Å². The van der Waals surface area contributed by atoms with Gasteiger partial charge in [0, 0.05) is 11.8 Å². The molecule has 2 aromatic carbocycles. The van der Waals surface area contributed by atoms with Gasteiger partial charge in [-0.25, -0.2) is 9.59 Å². The van der Waals surface area contributed by atoms with Crippen molar-refractivity contribution in [1.29, 1.82) is 0 Å². The first kappa shape index (κ1) is 45.7. The molecule has 4 aromatic rings. The number of hydrogen-bond acceptors (Lipinski definition) is 5. The van der Waals surface area contributed by atoms with E-state index >= 15 is 0 Å². The van der Waals surface area contributed by atoms with Crippen LogP contribution in [0.3, 0.4) is 0 Å². The molecular formula is C41H66BrN3O4Sn. The molecule has 9 heteroatoms. The van der Waals surface area contributed by atoms with Gasteiger partial charge in [-0.15, -0.1) is 0 Å². The molecule has 0 bridgehead atoms. The molecule has 2 atom stereocenters. The summed E-state index contributed by atoms with van der Waals surface area (Å²) in [5.41, 5.74) is 4.16. The topological polar surface area (TPSA) is 73.5 Å². The second-order valence-electron chi connectivity index (χ2n) is 15.2. The summed E-state index contributed by atoms with van der Waals surface area (Å²) in [5.74, 6) is 1.64. The van der Waals surface area contributed by atoms with Crippen molar-refractivity contribution in [2.45, 2.75) is 114 Å². The molecule has 50 heavy (non-hydrogen) atoms. The summed E-state index contributed by atoms with van der Waals surface area (Å²) in [5, 5.41) is 0. The van der Waals surface area contributed by atoms with Crippen molar-refractivity contribution in [2.75, 3.05) is 19.6 Å². The number of aromatic nitrogens is 2. The van der Waals surface area contributed by atoms with Gasteiger partial charge in [-0.1, -0.05) is 123 Å². The SMILES string of the molecule is CC(C)C(C)c1c(Br)oc(=O)n1Cc1ccccc1.CCN(CC)CC.Cc1oc(=O)n(Cc2ccccc2)c1C(C)C(C)C.[CH3][Sn]([CH3])([CH3])[CH3]. The van der Waals surface area contributed by atoms with Crippen LogP contribution in [0.2, 0.25) is 19.8 Å². The number of rotatable bonds is 11. The fraction of sp³-hybridized carbons (Fsp3) is 0.561. The molecular weight excluding hydrogens is 797 g/mol. The van der Waals surface area contributed by atoms with Crippen LogP contribution in [0.5, 0.6) is 0 Å². The van der Waals surface area contributed by atoms with Gasteiger partial charge in [0.05, 0.1) is 24.5 Å². The summed E-state index contributed by atoms with van der Waals surface area (Å²) in [6, 6.07) is 19.9. The predicted molar refractivity (Wildman–Crippen MR) is 219 cm³/mol. The summed E-state index contributed by atoms with van der Waals surface area (Å²) >= 11 is 2.18. The zero-order valence-electron chi connectivity index (χ0n) is 33.5. The van der Waals surface area contributed by atoms with E-state index in [0.29, 0.717) is 35.5 Å². The van der Waals surface area contributed by atoms with Crippen LogP contribution in [0.25, 0.3) is 0 Å². The van der Waals surface area contributed by atoms with E-state index in [1.165, 1.54) is 19.6 Å². The average molecular weight is 864 g/mol. The summed E-state index contributed by atoms with van der Waals surface area (Å²) < 4.78 is 14.5. The second kappa shape index (κ2) is 22.6. The molecule has 4 rings (SSSR count). The van der Waals surface area contributed by atoms with Gasteiger partial charge in [0.15, 0.2) is 4.67 Å². The fourth-order valence-electron chi connectivity index (χ4n) is 5.04. The molecule has 280 valence electrons. The number of aryl methyl sites for hydroxylation is 1. The second-order valence-corrected chi connectivity index (χ2v) is 33.0. The van der Waals surface area contributed by atoms with E-state index in [2.05, 4.69) is 103 Å². The average Bonchev–Trinajstić information content (AvgIpc) is 3.49. The van der Waals surface area contributed by atoms with Crippen LogP contribution in [-0.4, -0.2) is 52.0 Å². The van der Waals surface area contributed by atoms with E-state index in [9.17, 15) is 9.59 Å². The summed E-state index contributed by atoms with van der Waals surface area (Å²) in [4.78, 5) is 35.9. The zero-order chi connectivity index (χ0) is 38.2. The normalized spacial score (nSPS) is 12.4. The minimum absolute atomic E-state index is 0.254. The van der Waals surface area contributed by atoms with Crippen molar-refractivity contribution in [2.24, 2.45) is 11.8 Å². The van der Waals surface area contributed by atoms with Gasteiger partial charge in [-0.2, -0.15) is 0 Å². The Hall–Kier alpha value is -2.30. The Bertz CT molecular complexity index is 1490. The molecule has 2 unspecified atom stereocenters. The monoisotopic (exact) mass is 863 g/mol. The van der Waals surface area contributed by atoms with Gasteiger partial charge in [-0.3, -0.25) is 9.13 Å². The molecule has 0 saturated carbocycles. The van der Waals surface area contributed by atoms with Gasteiger partial charge < -0.3 is 13.7 Å². The molecule has 7 nitrogen and oxygen atoms in total. The Morgan fingerprint density at radius 2 is 0.980 bits per heavy atom. The van der Waals surface area contributed by atoms with E-state index < -0.39 is 18.4 Å². The fourth-order valence-corrected chi connectivity index (χ4v) is 5.75. The summed E-state index contributed by atoms with van der Waals surface area (Å²) in [6.07, 6.45) is 0. The maximum atomic E-state index is 12.0. The van der Waals surface area contributed by atoms with E-state index in [1.54, 1.807) is 9.13 Å². The standard InChI is InChI=1S/C16H21NO2.C15H18BrNO2.C6H15N.4CH3.Sn/c1-11(2)12(3)15-13(4)19-16(18)17(15)10-14-8-6-5-7-9-14;1-10(2)11(3)13-14(16)19-15(18)17(13)9-12-7-5-4-6-8-12;1-4-7(5-2)6-3;;;;;/h5-9,11-12H,10H2,1-4H3;4-8,10-11H,9H2,1-3H3;4-6H2,1-3H3;4*1H3;. The van der Waals surface area contributed by atoms with Gasteiger partial charge in [0.25, 0.3) is 0 Å². The van der Waals surface area contributed by atoms with Gasteiger partial charge in [-0.05, 0) is 65.5 Å². The molecule has 0 N–H and O–H groups in total. The Labute approximate surface area is 315 Å². The molecule has 2 aromatic heterocycles. The number of benzene rings is 2. The summed E-state index contributed by atoms with van der Waals surface area (Å²) in [6.45, 7) is 26.0. The Morgan fingerprint density at radius 1 is 0.640 bits per heavy atom. The zero-order valence-corrected chi connectivity index (χ0v) is 37.9. The first-order valence-corrected chi connectivity index (χ1v) is 30.5. The first-order chi connectivity index (χ1) is 23.4. The number of nitrogens with zero attached hydrogens (tertiary/aromatic N) is 3. The molecule has 0 aliphatic heterocycles. The molecule has 0 saturated heterocycles. The van der Waals surface area contributed by atoms with E-state index in [4.69, 9.17) is 8.83 Å². The number of halogens is 1.